The van der Waals surface area contributed by atoms with Crippen molar-refractivity contribution >= 4 is 21.4 Å². The lowest BCUT2D eigenvalue weighted by atomic mass is 10.3. The van der Waals surface area contributed by atoms with E-state index in [1.165, 1.54) is 12.1 Å². The van der Waals surface area contributed by atoms with Crippen LogP contribution in [0.15, 0.2) is 23.1 Å². The first kappa shape index (κ1) is 10.8. The summed E-state index contributed by atoms with van der Waals surface area (Å²) in [5.74, 6) is 0. The van der Waals surface area contributed by atoms with Gasteiger partial charge in [-0.25, -0.2) is 13.1 Å². The van der Waals surface area contributed by atoms with E-state index in [-0.39, 0.29) is 17.1 Å². The number of anilines is 1. The zero-order chi connectivity index (χ0) is 11.8. The average molecular weight is 243 g/mol. The number of nitrogens with one attached hydrogen (secondary N) is 2. The molecule has 0 aromatic heterocycles. The summed E-state index contributed by atoms with van der Waals surface area (Å²) in [7, 11) is -3.65. The van der Waals surface area contributed by atoms with Crippen molar-refractivity contribution < 1.29 is 13.3 Å². The number of benzene rings is 1. The highest BCUT2D eigenvalue weighted by Crippen LogP contribution is 2.27. The second kappa shape index (κ2) is 3.72. The van der Waals surface area contributed by atoms with E-state index >= 15 is 0 Å². The van der Waals surface area contributed by atoms with Crippen molar-refractivity contribution in [3.8, 4) is 0 Å². The minimum atomic E-state index is -3.65. The van der Waals surface area contributed by atoms with Gasteiger partial charge in [0, 0.05) is 25.2 Å². The molecule has 2 rings (SSSR count). The van der Waals surface area contributed by atoms with Crippen molar-refractivity contribution in [2.75, 3.05) is 18.4 Å². The highest BCUT2D eigenvalue weighted by molar-refractivity contribution is 7.89. The monoisotopic (exact) mass is 243 g/mol. The van der Waals surface area contributed by atoms with E-state index in [1.807, 2.05) is 0 Å². The van der Waals surface area contributed by atoms with Crippen LogP contribution in [0.5, 0.6) is 0 Å². The molecule has 0 amide bonds. The van der Waals surface area contributed by atoms with Gasteiger partial charge in [-0.2, -0.15) is 0 Å². The Labute approximate surface area is 91.7 Å². The zero-order valence-electron chi connectivity index (χ0n) is 8.13. The number of nitro groups is 1. The van der Waals surface area contributed by atoms with E-state index in [4.69, 9.17) is 0 Å². The van der Waals surface area contributed by atoms with Crippen LogP contribution in [0.1, 0.15) is 0 Å². The molecule has 0 fully saturated rings. The topological polar surface area (TPSA) is 101 Å². The fourth-order valence-corrected chi connectivity index (χ4v) is 2.69. The third-order valence-electron chi connectivity index (χ3n) is 2.20. The summed E-state index contributed by atoms with van der Waals surface area (Å²) in [6.45, 7) is 0.703. The van der Waals surface area contributed by atoms with Crippen LogP contribution < -0.4 is 10.0 Å². The summed E-state index contributed by atoms with van der Waals surface area (Å²) in [5, 5.41) is 13.4. The largest absolute Gasteiger partial charge is 0.383 e. The summed E-state index contributed by atoms with van der Waals surface area (Å²) in [4.78, 5) is 9.85. The van der Waals surface area contributed by atoms with Crippen molar-refractivity contribution in [3.05, 3.63) is 28.3 Å². The molecule has 7 nitrogen and oxygen atoms in total. The molecule has 1 heterocycles. The van der Waals surface area contributed by atoms with Gasteiger partial charge < -0.3 is 5.32 Å². The van der Waals surface area contributed by atoms with Gasteiger partial charge in [0.15, 0.2) is 0 Å². The number of sulfonamides is 1. The molecular weight excluding hydrogens is 234 g/mol. The van der Waals surface area contributed by atoms with Crippen LogP contribution in [0.4, 0.5) is 11.4 Å². The van der Waals surface area contributed by atoms with Crippen LogP contribution in [0.25, 0.3) is 0 Å². The summed E-state index contributed by atoms with van der Waals surface area (Å²) in [6, 6.07) is 3.72. The molecule has 0 saturated carbocycles. The number of nitrogens with zero attached hydrogens (tertiary/aromatic N) is 1. The minimum Gasteiger partial charge on any atom is -0.383 e. The minimum absolute atomic E-state index is 0.0841. The first-order chi connectivity index (χ1) is 7.50. The van der Waals surface area contributed by atoms with Gasteiger partial charge in [0.1, 0.15) is 4.90 Å². The third-order valence-corrected chi connectivity index (χ3v) is 3.70. The van der Waals surface area contributed by atoms with E-state index in [9.17, 15) is 18.5 Å². The lowest BCUT2D eigenvalue weighted by Gasteiger charge is -2.05. The van der Waals surface area contributed by atoms with E-state index in [1.54, 1.807) is 0 Å². The highest BCUT2D eigenvalue weighted by atomic mass is 32.2. The fourth-order valence-electron chi connectivity index (χ4n) is 1.45. The molecule has 0 bridgehead atoms. The number of hydrogen-bond donors (Lipinski definition) is 2. The normalized spacial score (nSPS) is 18.0. The molecule has 0 aliphatic carbocycles. The first-order valence-corrected chi connectivity index (χ1v) is 6.01. The second-order valence-electron chi connectivity index (χ2n) is 3.26. The van der Waals surface area contributed by atoms with Crippen LogP contribution in [-0.2, 0) is 10.0 Å². The third kappa shape index (κ3) is 1.84. The molecule has 2 N–H and O–H groups in total. The smallest absolute Gasteiger partial charge is 0.270 e. The Morgan fingerprint density at radius 1 is 1.31 bits per heavy atom. The van der Waals surface area contributed by atoms with Gasteiger partial charge in [-0.15, -0.1) is 0 Å². The lowest BCUT2D eigenvalue weighted by Crippen LogP contribution is -2.25. The Hall–Kier alpha value is -1.67. The summed E-state index contributed by atoms with van der Waals surface area (Å²) in [5.41, 5.74) is 0.142. The Morgan fingerprint density at radius 2 is 2.06 bits per heavy atom. The van der Waals surface area contributed by atoms with Gasteiger partial charge >= 0.3 is 0 Å². The molecular formula is C8H9N3O4S. The number of rotatable bonds is 1. The van der Waals surface area contributed by atoms with Crippen LogP contribution >= 0.6 is 0 Å². The average Bonchev–Trinajstić information content (AvgIpc) is 2.37. The molecule has 1 aliphatic rings. The molecule has 1 aromatic carbocycles. The molecule has 0 radical (unpaired) electrons. The van der Waals surface area contributed by atoms with Crippen LogP contribution in [0.2, 0.25) is 0 Å². The number of fused-ring (bicyclic) bond motifs is 1. The predicted octanol–water partition coefficient (Wildman–Crippen LogP) is 0.299. The number of hydrogen-bond acceptors (Lipinski definition) is 5. The molecule has 8 heteroatoms. The van der Waals surface area contributed by atoms with Crippen molar-refractivity contribution in [2.45, 2.75) is 4.90 Å². The Bertz CT molecular complexity index is 540. The second-order valence-corrected chi connectivity index (χ2v) is 5.00. The molecule has 86 valence electrons. The standard InChI is InChI=1S/C8H9N3O4S/c12-11(13)6-1-2-7-8(5-6)16(14,15)10-4-3-9-7/h1-2,5,9-10H,3-4H2. The molecule has 16 heavy (non-hydrogen) atoms. The Morgan fingerprint density at radius 3 is 2.75 bits per heavy atom. The molecule has 1 aromatic rings. The van der Waals surface area contributed by atoms with Crippen molar-refractivity contribution in [3.63, 3.8) is 0 Å². The van der Waals surface area contributed by atoms with Crippen LogP contribution in [0.3, 0.4) is 0 Å². The quantitative estimate of drug-likeness (QED) is 0.545. The highest BCUT2D eigenvalue weighted by Gasteiger charge is 2.23. The van der Waals surface area contributed by atoms with Crippen LogP contribution in [-0.4, -0.2) is 26.4 Å². The van der Waals surface area contributed by atoms with Crippen molar-refractivity contribution in [1.82, 2.24) is 4.72 Å². The SMILES string of the molecule is O=[N+]([O-])c1ccc2c(c1)S(=O)(=O)NCCN2. The molecule has 0 saturated heterocycles. The summed E-state index contributed by atoms with van der Waals surface area (Å²) >= 11 is 0. The molecule has 0 spiro atoms. The van der Waals surface area contributed by atoms with E-state index < -0.39 is 14.9 Å². The summed E-state index contributed by atoms with van der Waals surface area (Å²) < 4.78 is 25.7. The fraction of sp³-hybridized carbons (Fsp3) is 0.250. The maximum absolute atomic E-state index is 11.7. The predicted molar refractivity (Wildman–Crippen MR) is 56.8 cm³/mol. The number of nitro benzene ring substituents is 1. The van der Waals surface area contributed by atoms with Gasteiger partial charge in [-0.1, -0.05) is 0 Å². The van der Waals surface area contributed by atoms with E-state index in [0.29, 0.717) is 12.2 Å². The molecule has 1 aliphatic heterocycles. The van der Waals surface area contributed by atoms with Gasteiger partial charge in [0.2, 0.25) is 10.0 Å². The first-order valence-electron chi connectivity index (χ1n) is 4.53. The summed E-state index contributed by atoms with van der Waals surface area (Å²) in [6.07, 6.45) is 0. The lowest BCUT2D eigenvalue weighted by molar-refractivity contribution is -0.385. The van der Waals surface area contributed by atoms with Crippen LogP contribution in [0, 0.1) is 10.1 Å². The number of non-ortho nitro benzene ring substituents is 1. The maximum Gasteiger partial charge on any atom is 0.270 e. The molecule has 0 unspecified atom stereocenters. The van der Waals surface area contributed by atoms with Crippen molar-refractivity contribution in [2.24, 2.45) is 0 Å². The zero-order valence-corrected chi connectivity index (χ0v) is 8.95. The van der Waals surface area contributed by atoms with Gasteiger partial charge in [0.25, 0.3) is 5.69 Å². The van der Waals surface area contributed by atoms with E-state index in [2.05, 4.69) is 10.0 Å². The van der Waals surface area contributed by atoms with Gasteiger partial charge in [0.05, 0.1) is 10.6 Å². The van der Waals surface area contributed by atoms with E-state index in [0.717, 1.165) is 6.07 Å². The maximum atomic E-state index is 11.7. The van der Waals surface area contributed by atoms with Gasteiger partial charge in [-0.3, -0.25) is 10.1 Å². The Balaban J connectivity index is 2.62. The van der Waals surface area contributed by atoms with Gasteiger partial charge in [-0.05, 0) is 6.07 Å². The van der Waals surface area contributed by atoms with Crippen molar-refractivity contribution in [1.29, 1.82) is 0 Å². The Kier molecular flexibility index (Phi) is 2.52. The molecule has 0 atom stereocenters.